The van der Waals surface area contributed by atoms with Crippen molar-refractivity contribution in [2.75, 3.05) is 6.61 Å². The predicted molar refractivity (Wildman–Crippen MR) is 114 cm³/mol. The molecule has 0 fully saturated rings. The fourth-order valence-corrected chi connectivity index (χ4v) is 7.66. The molecule has 1 atom stereocenters. The molecule has 28 heavy (non-hydrogen) atoms. The summed E-state index contributed by atoms with van der Waals surface area (Å²) in [5.74, 6) is -0.836. The number of carbonyl (C=O) groups excluding carboxylic acids is 1. The Hall–Kier alpha value is -2.40. The SMILES string of the molecule is CCOC(=O)C(F)C/C=C\O[Si](c1ccccc1)(c1ccccc1)C(C)(C)C. The van der Waals surface area contributed by atoms with E-state index in [1.54, 1.807) is 19.3 Å². The van der Waals surface area contributed by atoms with Gasteiger partial charge in [-0.25, -0.2) is 9.18 Å². The number of allylic oxidation sites excluding steroid dienone is 1. The summed E-state index contributed by atoms with van der Waals surface area (Å²) in [6.07, 6.45) is 1.38. The zero-order chi connectivity index (χ0) is 20.6. The van der Waals surface area contributed by atoms with E-state index in [1.165, 1.54) is 0 Å². The van der Waals surface area contributed by atoms with Crippen LogP contribution in [0.4, 0.5) is 4.39 Å². The minimum absolute atomic E-state index is 0.0724. The van der Waals surface area contributed by atoms with E-state index in [-0.39, 0.29) is 18.1 Å². The van der Waals surface area contributed by atoms with Crippen LogP contribution in [-0.2, 0) is 14.0 Å². The quantitative estimate of drug-likeness (QED) is 0.375. The van der Waals surface area contributed by atoms with E-state index in [2.05, 4.69) is 45.0 Å². The van der Waals surface area contributed by atoms with Gasteiger partial charge in [0.15, 0.2) is 0 Å². The molecule has 0 heterocycles. The second kappa shape index (κ2) is 9.69. The summed E-state index contributed by atoms with van der Waals surface area (Å²) < 4.78 is 25.1. The van der Waals surface area contributed by atoms with Gasteiger partial charge in [-0.1, -0.05) is 81.4 Å². The molecule has 0 bridgehead atoms. The highest BCUT2D eigenvalue weighted by Gasteiger charge is 2.51. The summed E-state index contributed by atoms with van der Waals surface area (Å²) in [4.78, 5) is 11.5. The molecule has 150 valence electrons. The Kier molecular flexibility index (Phi) is 7.58. The summed E-state index contributed by atoms with van der Waals surface area (Å²) in [5.41, 5.74) is 0. The van der Waals surface area contributed by atoms with Crippen molar-refractivity contribution in [1.29, 1.82) is 0 Å². The molecule has 2 aromatic carbocycles. The maximum absolute atomic E-state index is 13.9. The van der Waals surface area contributed by atoms with Gasteiger partial charge < -0.3 is 9.16 Å². The van der Waals surface area contributed by atoms with Crippen molar-refractivity contribution in [1.82, 2.24) is 0 Å². The maximum Gasteiger partial charge on any atom is 0.341 e. The van der Waals surface area contributed by atoms with Gasteiger partial charge in [0, 0.05) is 6.42 Å². The molecule has 0 N–H and O–H groups in total. The summed E-state index contributed by atoms with van der Waals surface area (Å²) in [6, 6.07) is 20.4. The van der Waals surface area contributed by atoms with E-state index in [1.807, 2.05) is 36.4 Å². The fraction of sp³-hybridized carbons (Fsp3) is 0.348. The molecule has 0 aromatic heterocycles. The fourth-order valence-electron chi connectivity index (χ4n) is 3.35. The zero-order valence-electron chi connectivity index (χ0n) is 17.0. The Morgan fingerprint density at radius 2 is 1.54 bits per heavy atom. The Labute approximate surface area is 168 Å². The van der Waals surface area contributed by atoms with Gasteiger partial charge >= 0.3 is 14.3 Å². The Balaban J connectivity index is 2.37. The maximum atomic E-state index is 13.9. The van der Waals surface area contributed by atoms with Crippen LogP contribution in [0.1, 0.15) is 34.1 Å². The molecule has 0 saturated heterocycles. The third kappa shape index (κ3) is 4.90. The lowest BCUT2D eigenvalue weighted by molar-refractivity contribution is -0.148. The van der Waals surface area contributed by atoms with Crippen molar-refractivity contribution in [2.45, 2.75) is 45.3 Å². The van der Waals surface area contributed by atoms with Gasteiger partial charge in [0.25, 0.3) is 0 Å². The van der Waals surface area contributed by atoms with E-state index >= 15 is 0 Å². The van der Waals surface area contributed by atoms with E-state index in [4.69, 9.17) is 9.16 Å². The molecular formula is C23H29FO3Si. The first kappa shape index (κ1) is 21.9. The van der Waals surface area contributed by atoms with E-state index in [0.29, 0.717) is 0 Å². The minimum atomic E-state index is -2.69. The van der Waals surface area contributed by atoms with Crippen LogP contribution in [0.2, 0.25) is 5.04 Å². The largest absolute Gasteiger partial charge is 0.540 e. The van der Waals surface area contributed by atoms with Gasteiger partial charge in [0.05, 0.1) is 12.9 Å². The van der Waals surface area contributed by atoms with Crippen LogP contribution in [0.15, 0.2) is 73.0 Å². The zero-order valence-corrected chi connectivity index (χ0v) is 18.0. The molecule has 5 heteroatoms. The Bertz CT molecular complexity index is 730. The second-order valence-corrected chi connectivity index (χ2v) is 11.9. The normalized spacial score (nSPS) is 13.3. The third-order valence-corrected chi connectivity index (χ3v) is 9.54. The number of ether oxygens (including phenoxy) is 1. The van der Waals surface area contributed by atoms with Crippen LogP contribution in [-0.4, -0.2) is 27.1 Å². The molecule has 2 rings (SSSR count). The molecule has 0 aliphatic rings. The number of esters is 1. The smallest absolute Gasteiger partial charge is 0.341 e. The van der Waals surface area contributed by atoms with Crippen molar-refractivity contribution in [3.8, 4) is 0 Å². The number of alkyl halides is 1. The number of rotatable bonds is 8. The van der Waals surface area contributed by atoms with Crippen LogP contribution in [0.3, 0.4) is 0 Å². The molecule has 0 spiro atoms. The number of hydrogen-bond acceptors (Lipinski definition) is 3. The topological polar surface area (TPSA) is 35.5 Å². The van der Waals surface area contributed by atoms with Crippen molar-refractivity contribution in [3.63, 3.8) is 0 Å². The summed E-state index contributed by atoms with van der Waals surface area (Å²) in [7, 11) is -2.69. The first-order chi connectivity index (χ1) is 13.3. The third-order valence-electron chi connectivity index (χ3n) is 4.64. The van der Waals surface area contributed by atoms with E-state index < -0.39 is 20.5 Å². The van der Waals surface area contributed by atoms with Gasteiger partial charge in [-0.15, -0.1) is 0 Å². The Morgan fingerprint density at radius 1 is 1.04 bits per heavy atom. The summed E-state index contributed by atoms with van der Waals surface area (Å²) in [5, 5.41) is 2.11. The van der Waals surface area contributed by atoms with Gasteiger partial charge in [0.1, 0.15) is 0 Å². The monoisotopic (exact) mass is 400 g/mol. The van der Waals surface area contributed by atoms with Gasteiger partial charge in [0.2, 0.25) is 6.17 Å². The second-order valence-electron chi connectivity index (χ2n) is 7.61. The summed E-state index contributed by atoms with van der Waals surface area (Å²) >= 11 is 0. The van der Waals surface area contributed by atoms with Crippen LogP contribution in [0.25, 0.3) is 0 Å². The molecule has 3 nitrogen and oxygen atoms in total. The van der Waals surface area contributed by atoms with Crippen LogP contribution < -0.4 is 10.4 Å². The molecule has 0 amide bonds. The first-order valence-corrected chi connectivity index (χ1v) is 11.5. The number of carbonyl (C=O) groups is 1. The highest BCUT2D eigenvalue weighted by molar-refractivity contribution is 6.99. The predicted octanol–water partition coefficient (Wildman–Crippen LogP) is 4.37. The standard InChI is InChI=1S/C23H29FO3Si/c1-5-26-22(25)21(24)17-12-18-27-28(23(2,3)4,19-13-8-6-9-14-19)20-15-10-7-11-16-20/h6-16,18,21H,5,17H2,1-4H3/b18-12-. The highest BCUT2D eigenvalue weighted by atomic mass is 28.4. The number of halogens is 1. The number of hydrogen-bond donors (Lipinski definition) is 0. The molecule has 0 aliphatic heterocycles. The van der Waals surface area contributed by atoms with E-state index in [9.17, 15) is 9.18 Å². The van der Waals surface area contributed by atoms with Crippen molar-refractivity contribution < 1.29 is 18.3 Å². The molecule has 2 aromatic rings. The lowest BCUT2D eigenvalue weighted by Gasteiger charge is -2.41. The highest BCUT2D eigenvalue weighted by Crippen LogP contribution is 2.36. The first-order valence-electron chi connectivity index (χ1n) is 9.57. The molecule has 0 radical (unpaired) electrons. The van der Waals surface area contributed by atoms with Crippen molar-refractivity contribution in [3.05, 3.63) is 73.0 Å². The van der Waals surface area contributed by atoms with Crippen molar-refractivity contribution in [2.24, 2.45) is 0 Å². The minimum Gasteiger partial charge on any atom is -0.540 e. The van der Waals surface area contributed by atoms with Gasteiger partial charge in [-0.3, -0.25) is 0 Å². The molecule has 0 saturated carbocycles. The summed E-state index contributed by atoms with van der Waals surface area (Å²) in [6.45, 7) is 8.34. The number of benzene rings is 2. The van der Waals surface area contributed by atoms with Crippen LogP contribution >= 0.6 is 0 Å². The molecular weight excluding hydrogens is 371 g/mol. The van der Waals surface area contributed by atoms with Crippen molar-refractivity contribution >= 4 is 24.7 Å². The van der Waals surface area contributed by atoms with E-state index in [0.717, 1.165) is 10.4 Å². The lowest BCUT2D eigenvalue weighted by Crippen LogP contribution is -2.65. The van der Waals surface area contributed by atoms with Gasteiger partial charge in [-0.2, -0.15) is 0 Å². The molecule has 1 unspecified atom stereocenters. The van der Waals surface area contributed by atoms with Crippen LogP contribution in [0.5, 0.6) is 0 Å². The lowest BCUT2D eigenvalue weighted by atomic mass is 10.2. The van der Waals surface area contributed by atoms with Crippen LogP contribution in [0, 0.1) is 0 Å². The average Bonchev–Trinajstić information content (AvgIpc) is 2.68. The average molecular weight is 401 g/mol. The Morgan fingerprint density at radius 3 is 1.96 bits per heavy atom. The van der Waals surface area contributed by atoms with Gasteiger partial charge in [-0.05, 0) is 28.4 Å². The molecule has 0 aliphatic carbocycles.